The van der Waals surface area contributed by atoms with Crippen LogP contribution in [0.2, 0.25) is 0 Å². The summed E-state index contributed by atoms with van der Waals surface area (Å²) in [5.41, 5.74) is 1.29. The molecule has 0 aliphatic carbocycles. The summed E-state index contributed by atoms with van der Waals surface area (Å²) < 4.78 is 28.6. The molecule has 1 aromatic carbocycles. The van der Waals surface area contributed by atoms with Gasteiger partial charge in [-0.05, 0) is 18.2 Å². The van der Waals surface area contributed by atoms with Crippen LogP contribution in [-0.4, -0.2) is 26.0 Å². The molecule has 3 N–H and O–H groups in total. The smallest absolute Gasteiger partial charge is 0.229 e. The number of nitrogens with zero attached hydrogens (tertiary/aromatic N) is 4. The van der Waals surface area contributed by atoms with Crippen LogP contribution in [0.1, 0.15) is 11.1 Å². The summed E-state index contributed by atoms with van der Waals surface area (Å²) in [5.74, 6) is -0.416. The van der Waals surface area contributed by atoms with Gasteiger partial charge in [0.1, 0.15) is 17.5 Å². The molecule has 0 saturated carbocycles. The van der Waals surface area contributed by atoms with Crippen LogP contribution in [-0.2, 0) is 13.6 Å². The highest BCUT2D eigenvalue weighted by Gasteiger charge is 2.09. The van der Waals surface area contributed by atoms with Gasteiger partial charge < -0.3 is 16.0 Å². The van der Waals surface area contributed by atoms with Crippen LogP contribution in [0.5, 0.6) is 0 Å². The maximum Gasteiger partial charge on any atom is 0.229 e. The summed E-state index contributed by atoms with van der Waals surface area (Å²) in [7, 11) is 1.78. The molecule has 0 amide bonds. The molecule has 0 spiro atoms. The lowest BCUT2D eigenvalue weighted by molar-refractivity contribution is 0.587. The molecule has 0 saturated heterocycles. The van der Waals surface area contributed by atoms with E-state index in [2.05, 4.69) is 25.7 Å². The molecule has 128 valence electrons. The standard InChI is InChI=1S/C16H15F2N7/c1-25-9-13(8-22-25)23-16-21-7-11(5-19)15(24-16)20-6-10-4-12(17)2-3-14(10)18/h2-5,7-9,19H,6H2,1H3,(H2,20,21,23,24). The van der Waals surface area contributed by atoms with Crippen molar-refractivity contribution >= 4 is 23.7 Å². The Morgan fingerprint density at radius 3 is 2.84 bits per heavy atom. The van der Waals surface area contributed by atoms with Crippen LogP contribution in [0.4, 0.5) is 26.2 Å². The fourth-order valence-electron chi connectivity index (χ4n) is 2.17. The number of rotatable bonds is 6. The van der Waals surface area contributed by atoms with Crippen LogP contribution in [0.25, 0.3) is 0 Å². The van der Waals surface area contributed by atoms with Crippen molar-refractivity contribution in [1.29, 1.82) is 5.41 Å². The van der Waals surface area contributed by atoms with Gasteiger partial charge in [0.15, 0.2) is 0 Å². The van der Waals surface area contributed by atoms with Gasteiger partial charge in [-0.25, -0.2) is 13.8 Å². The average molecular weight is 343 g/mol. The lowest BCUT2D eigenvalue weighted by Gasteiger charge is -2.11. The van der Waals surface area contributed by atoms with Crippen LogP contribution in [0, 0.1) is 17.0 Å². The van der Waals surface area contributed by atoms with Crippen molar-refractivity contribution in [3.8, 4) is 0 Å². The number of benzene rings is 1. The van der Waals surface area contributed by atoms with Gasteiger partial charge in [0.25, 0.3) is 0 Å². The maximum atomic E-state index is 13.7. The Balaban J connectivity index is 1.80. The zero-order chi connectivity index (χ0) is 17.8. The summed E-state index contributed by atoms with van der Waals surface area (Å²) in [6.45, 7) is 0.0216. The van der Waals surface area contributed by atoms with E-state index in [1.54, 1.807) is 24.1 Å². The minimum atomic E-state index is -0.521. The predicted molar refractivity (Wildman–Crippen MR) is 90.1 cm³/mol. The summed E-state index contributed by atoms with van der Waals surface area (Å²) in [4.78, 5) is 8.39. The number of nitrogens with one attached hydrogen (secondary N) is 3. The fourth-order valence-corrected chi connectivity index (χ4v) is 2.17. The van der Waals surface area contributed by atoms with E-state index in [-0.39, 0.29) is 12.1 Å². The molecular formula is C16H15F2N7. The average Bonchev–Trinajstić information content (AvgIpc) is 3.00. The molecule has 3 rings (SSSR count). The number of halogens is 2. The number of aryl methyl sites for hydroxylation is 1. The Bertz CT molecular complexity index is 907. The van der Waals surface area contributed by atoms with Crippen molar-refractivity contribution in [2.45, 2.75) is 6.54 Å². The SMILES string of the molecule is Cn1cc(Nc2ncc(C=N)c(NCc3cc(F)ccc3F)n2)cn1. The molecule has 0 fully saturated rings. The third-order valence-electron chi connectivity index (χ3n) is 3.39. The Kier molecular flexibility index (Phi) is 4.64. The van der Waals surface area contributed by atoms with E-state index >= 15 is 0 Å². The first-order valence-electron chi connectivity index (χ1n) is 7.36. The van der Waals surface area contributed by atoms with E-state index in [0.717, 1.165) is 24.4 Å². The zero-order valence-electron chi connectivity index (χ0n) is 13.3. The Hall–Kier alpha value is -3.36. The lowest BCUT2D eigenvalue weighted by atomic mass is 10.2. The Morgan fingerprint density at radius 1 is 1.28 bits per heavy atom. The van der Waals surface area contributed by atoms with Crippen molar-refractivity contribution in [3.05, 3.63) is 59.6 Å². The summed E-state index contributed by atoms with van der Waals surface area (Å²) in [5, 5.41) is 17.3. The Morgan fingerprint density at radius 2 is 2.12 bits per heavy atom. The first-order valence-corrected chi connectivity index (χ1v) is 7.36. The number of hydrogen-bond acceptors (Lipinski definition) is 6. The number of aromatic nitrogens is 4. The zero-order valence-corrected chi connectivity index (χ0v) is 13.3. The van der Waals surface area contributed by atoms with Crippen molar-refractivity contribution in [3.63, 3.8) is 0 Å². The van der Waals surface area contributed by atoms with E-state index in [9.17, 15) is 8.78 Å². The highest BCUT2D eigenvalue weighted by molar-refractivity contribution is 5.84. The molecule has 25 heavy (non-hydrogen) atoms. The first kappa shape index (κ1) is 16.5. The van der Waals surface area contributed by atoms with E-state index in [1.807, 2.05) is 0 Å². The van der Waals surface area contributed by atoms with Crippen molar-refractivity contribution in [2.75, 3.05) is 10.6 Å². The molecule has 0 radical (unpaired) electrons. The van der Waals surface area contributed by atoms with Gasteiger partial charge in [0, 0.05) is 37.8 Å². The van der Waals surface area contributed by atoms with Gasteiger partial charge in [-0.1, -0.05) is 0 Å². The fraction of sp³-hybridized carbons (Fsp3) is 0.125. The predicted octanol–water partition coefficient (Wildman–Crippen LogP) is 2.84. The van der Waals surface area contributed by atoms with E-state index in [0.29, 0.717) is 23.0 Å². The van der Waals surface area contributed by atoms with Crippen LogP contribution < -0.4 is 10.6 Å². The number of hydrogen-bond donors (Lipinski definition) is 3. The van der Waals surface area contributed by atoms with E-state index in [4.69, 9.17) is 5.41 Å². The van der Waals surface area contributed by atoms with E-state index < -0.39 is 11.6 Å². The third kappa shape index (κ3) is 3.94. The molecule has 0 aliphatic rings. The van der Waals surface area contributed by atoms with Gasteiger partial charge in [0.05, 0.1) is 17.4 Å². The third-order valence-corrected chi connectivity index (χ3v) is 3.39. The van der Waals surface area contributed by atoms with Crippen molar-refractivity contribution < 1.29 is 8.78 Å². The second kappa shape index (κ2) is 7.04. The van der Waals surface area contributed by atoms with Gasteiger partial charge in [0.2, 0.25) is 5.95 Å². The normalized spacial score (nSPS) is 10.5. The minimum Gasteiger partial charge on any atom is -0.365 e. The Labute approximate surface area is 142 Å². The van der Waals surface area contributed by atoms with Gasteiger partial charge in [-0.3, -0.25) is 4.68 Å². The largest absolute Gasteiger partial charge is 0.365 e. The minimum absolute atomic E-state index is 0.0216. The topological polar surface area (TPSA) is 91.5 Å². The molecule has 3 aromatic rings. The second-order valence-corrected chi connectivity index (χ2v) is 5.26. The number of anilines is 3. The highest BCUT2D eigenvalue weighted by atomic mass is 19.1. The quantitative estimate of drug-likeness (QED) is 0.599. The summed E-state index contributed by atoms with van der Waals surface area (Å²) >= 11 is 0. The molecule has 0 atom stereocenters. The van der Waals surface area contributed by atoms with Crippen molar-refractivity contribution in [2.24, 2.45) is 7.05 Å². The molecule has 2 heterocycles. The monoisotopic (exact) mass is 343 g/mol. The van der Waals surface area contributed by atoms with Crippen LogP contribution in [0.15, 0.2) is 36.8 Å². The summed E-state index contributed by atoms with van der Waals surface area (Å²) in [6.07, 6.45) is 5.91. The summed E-state index contributed by atoms with van der Waals surface area (Å²) in [6, 6.07) is 3.24. The molecule has 0 aliphatic heterocycles. The highest BCUT2D eigenvalue weighted by Crippen LogP contribution is 2.18. The molecule has 7 nitrogen and oxygen atoms in total. The van der Waals surface area contributed by atoms with E-state index in [1.165, 1.54) is 6.20 Å². The van der Waals surface area contributed by atoms with Crippen molar-refractivity contribution in [1.82, 2.24) is 19.7 Å². The van der Waals surface area contributed by atoms with Crippen LogP contribution in [0.3, 0.4) is 0 Å². The maximum absolute atomic E-state index is 13.7. The first-order chi connectivity index (χ1) is 12.0. The van der Waals surface area contributed by atoms with Gasteiger partial charge in [-0.2, -0.15) is 10.1 Å². The molecule has 2 aromatic heterocycles. The lowest BCUT2D eigenvalue weighted by Crippen LogP contribution is -2.08. The van der Waals surface area contributed by atoms with Crippen LogP contribution >= 0.6 is 0 Å². The molecule has 0 bridgehead atoms. The van der Waals surface area contributed by atoms with Gasteiger partial charge in [-0.15, -0.1) is 0 Å². The second-order valence-electron chi connectivity index (χ2n) is 5.26. The molecule has 0 unspecified atom stereocenters. The molecule has 9 heteroatoms. The molecular weight excluding hydrogens is 328 g/mol. The van der Waals surface area contributed by atoms with Gasteiger partial charge >= 0.3 is 0 Å².